The number of alkyl halides is 3. The summed E-state index contributed by atoms with van der Waals surface area (Å²) < 4.78 is 37.8. The van der Waals surface area contributed by atoms with Crippen molar-refractivity contribution < 1.29 is 13.2 Å². The van der Waals surface area contributed by atoms with Gasteiger partial charge in [0.05, 0.1) is 11.3 Å². The van der Waals surface area contributed by atoms with Crippen molar-refractivity contribution in [2.45, 2.75) is 57.7 Å². The molecule has 0 amide bonds. The lowest BCUT2D eigenvalue weighted by Gasteiger charge is -2.27. The van der Waals surface area contributed by atoms with Crippen molar-refractivity contribution in [3.05, 3.63) is 29.6 Å². The van der Waals surface area contributed by atoms with E-state index in [0.29, 0.717) is 5.92 Å². The van der Waals surface area contributed by atoms with Gasteiger partial charge in [0.15, 0.2) is 0 Å². The van der Waals surface area contributed by atoms with Gasteiger partial charge in [-0.2, -0.15) is 13.2 Å². The first-order valence-corrected chi connectivity index (χ1v) is 7.77. The van der Waals surface area contributed by atoms with Crippen molar-refractivity contribution in [2.24, 2.45) is 5.92 Å². The van der Waals surface area contributed by atoms with E-state index in [2.05, 4.69) is 10.3 Å². The summed E-state index contributed by atoms with van der Waals surface area (Å²) in [5, 5.41) is 3.36. The van der Waals surface area contributed by atoms with Gasteiger partial charge in [-0.3, -0.25) is 4.98 Å². The lowest BCUT2D eigenvalue weighted by atomic mass is 9.84. The number of rotatable bonds is 5. The monoisotopic (exact) mass is 300 g/mol. The molecule has 0 bridgehead atoms. The number of nitrogens with one attached hydrogen (secondary N) is 1. The minimum absolute atomic E-state index is 0.0559. The van der Waals surface area contributed by atoms with E-state index in [4.69, 9.17) is 0 Å². The predicted molar refractivity (Wildman–Crippen MR) is 76.8 cm³/mol. The largest absolute Gasteiger partial charge is 0.417 e. The van der Waals surface area contributed by atoms with Gasteiger partial charge < -0.3 is 5.32 Å². The maximum Gasteiger partial charge on any atom is 0.417 e. The van der Waals surface area contributed by atoms with Crippen LogP contribution in [0.3, 0.4) is 0 Å². The fraction of sp³-hybridized carbons (Fsp3) is 0.688. The molecule has 0 spiro atoms. The number of hydrogen-bond acceptors (Lipinski definition) is 2. The van der Waals surface area contributed by atoms with Gasteiger partial charge in [-0.15, -0.1) is 0 Å². The molecule has 1 N–H and O–H groups in total. The molecule has 1 aromatic rings. The summed E-state index contributed by atoms with van der Waals surface area (Å²) in [7, 11) is 0. The van der Waals surface area contributed by atoms with Gasteiger partial charge in [0.2, 0.25) is 0 Å². The Morgan fingerprint density at radius 2 is 1.95 bits per heavy atom. The van der Waals surface area contributed by atoms with E-state index in [0.717, 1.165) is 30.9 Å². The van der Waals surface area contributed by atoms with Crippen LogP contribution in [0.25, 0.3) is 0 Å². The molecule has 2 nitrogen and oxygen atoms in total. The molecule has 1 unspecified atom stereocenters. The molecule has 0 radical (unpaired) electrons. The van der Waals surface area contributed by atoms with Gasteiger partial charge in [-0.05, 0) is 31.0 Å². The molecule has 0 aliphatic heterocycles. The quantitative estimate of drug-likeness (QED) is 0.851. The van der Waals surface area contributed by atoms with Crippen LogP contribution < -0.4 is 5.32 Å². The highest BCUT2D eigenvalue weighted by Crippen LogP contribution is 2.33. The number of aromatic nitrogens is 1. The second-order valence-corrected chi connectivity index (χ2v) is 5.82. The molecule has 1 atom stereocenters. The third-order valence-corrected chi connectivity index (χ3v) is 4.22. The molecule has 0 saturated heterocycles. The Kier molecular flexibility index (Phi) is 5.62. The topological polar surface area (TPSA) is 24.9 Å². The zero-order valence-electron chi connectivity index (χ0n) is 12.4. The Balaban J connectivity index is 2.06. The minimum atomic E-state index is -4.32. The molecule has 5 heteroatoms. The summed E-state index contributed by atoms with van der Waals surface area (Å²) in [5.74, 6) is 0.659. The van der Waals surface area contributed by atoms with Crippen LogP contribution in [0.5, 0.6) is 0 Å². The van der Waals surface area contributed by atoms with Crippen LogP contribution in [0, 0.1) is 5.92 Å². The van der Waals surface area contributed by atoms with Crippen molar-refractivity contribution in [1.82, 2.24) is 10.3 Å². The molecule has 1 heterocycles. The number of nitrogens with zero attached hydrogens (tertiary/aromatic N) is 1. The number of hydrogen-bond donors (Lipinski definition) is 1. The first-order chi connectivity index (χ1) is 10.0. The van der Waals surface area contributed by atoms with Gasteiger partial charge in [0, 0.05) is 12.2 Å². The Morgan fingerprint density at radius 1 is 1.24 bits per heavy atom. The highest BCUT2D eigenvalue weighted by atomic mass is 19.4. The highest BCUT2D eigenvalue weighted by Gasteiger charge is 2.31. The summed E-state index contributed by atoms with van der Waals surface area (Å²) in [6.07, 6.45) is 3.88. The van der Waals surface area contributed by atoms with Crippen LogP contribution in [0.4, 0.5) is 13.2 Å². The van der Waals surface area contributed by atoms with Crippen molar-refractivity contribution >= 4 is 0 Å². The van der Waals surface area contributed by atoms with E-state index in [1.165, 1.54) is 38.2 Å². The first kappa shape index (κ1) is 16.3. The minimum Gasteiger partial charge on any atom is -0.309 e. The third-order valence-electron chi connectivity index (χ3n) is 4.22. The third kappa shape index (κ3) is 4.70. The Bertz CT molecular complexity index is 422. The van der Waals surface area contributed by atoms with E-state index in [9.17, 15) is 13.2 Å². The lowest BCUT2D eigenvalue weighted by molar-refractivity contribution is -0.137. The van der Waals surface area contributed by atoms with E-state index >= 15 is 0 Å². The first-order valence-electron chi connectivity index (χ1n) is 7.77. The number of halogens is 3. The normalized spacial score (nSPS) is 18.7. The van der Waals surface area contributed by atoms with Crippen LogP contribution in [-0.2, 0) is 6.18 Å². The van der Waals surface area contributed by atoms with E-state index in [1.54, 1.807) is 0 Å². The van der Waals surface area contributed by atoms with E-state index in [-0.39, 0.29) is 6.04 Å². The van der Waals surface area contributed by atoms with Crippen molar-refractivity contribution in [1.29, 1.82) is 0 Å². The van der Waals surface area contributed by atoms with E-state index < -0.39 is 11.7 Å². The predicted octanol–water partition coefficient (Wildman–Crippen LogP) is 4.72. The van der Waals surface area contributed by atoms with Crippen LogP contribution >= 0.6 is 0 Å². The van der Waals surface area contributed by atoms with Gasteiger partial charge in [-0.25, -0.2) is 0 Å². The fourth-order valence-corrected chi connectivity index (χ4v) is 3.09. The standard InChI is InChI=1S/C16H23F3N2/c1-2-20-15(10-12-6-4-3-5-7-12)14-9-8-13(11-21-14)16(17,18)19/h8-9,11-12,15,20H,2-7,10H2,1H3. The number of pyridine rings is 1. The van der Waals surface area contributed by atoms with Crippen LogP contribution in [0.15, 0.2) is 18.3 Å². The molecular weight excluding hydrogens is 277 g/mol. The maximum absolute atomic E-state index is 12.6. The fourth-order valence-electron chi connectivity index (χ4n) is 3.09. The van der Waals surface area contributed by atoms with Crippen LogP contribution in [0.2, 0.25) is 0 Å². The Hall–Kier alpha value is -1.10. The molecule has 21 heavy (non-hydrogen) atoms. The van der Waals surface area contributed by atoms with Crippen LogP contribution in [0.1, 0.15) is 62.7 Å². The van der Waals surface area contributed by atoms with Crippen molar-refractivity contribution in [3.8, 4) is 0 Å². The lowest BCUT2D eigenvalue weighted by Crippen LogP contribution is -2.25. The second kappa shape index (κ2) is 7.25. The zero-order chi connectivity index (χ0) is 15.3. The summed E-state index contributed by atoms with van der Waals surface area (Å²) >= 11 is 0. The summed E-state index contributed by atoms with van der Waals surface area (Å²) in [4.78, 5) is 4.05. The summed E-state index contributed by atoms with van der Waals surface area (Å²) in [6.45, 7) is 2.80. The molecule has 1 aliphatic rings. The molecule has 1 fully saturated rings. The van der Waals surface area contributed by atoms with Gasteiger partial charge in [-0.1, -0.05) is 39.0 Å². The molecular formula is C16H23F3N2. The molecule has 118 valence electrons. The molecule has 1 aromatic heterocycles. The Labute approximate surface area is 124 Å². The maximum atomic E-state index is 12.6. The highest BCUT2D eigenvalue weighted by molar-refractivity contribution is 5.19. The molecule has 0 aromatic carbocycles. The zero-order valence-corrected chi connectivity index (χ0v) is 12.4. The van der Waals surface area contributed by atoms with E-state index in [1.807, 2.05) is 6.92 Å². The average molecular weight is 300 g/mol. The van der Waals surface area contributed by atoms with Crippen molar-refractivity contribution in [3.63, 3.8) is 0 Å². The summed E-state index contributed by atoms with van der Waals surface area (Å²) in [5.41, 5.74) is 0.0367. The Morgan fingerprint density at radius 3 is 2.48 bits per heavy atom. The molecule has 2 rings (SSSR count). The van der Waals surface area contributed by atoms with Gasteiger partial charge in [0.1, 0.15) is 0 Å². The van der Waals surface area contributed by atoms with Gasteiger partial charge in [0.25, 0.3) is 0 Å². The van der Waals surface area contributed by atoms with Crippen molar-refractivity contribution in [2.75, 3.05) is 6.54 Å². The SMILES string of the molecule is CCNC(CC1CCCCC1)c1ccc(C(F)(F)F)cn1. The smallest absolute Gasteiger partial charge is 0.309 e. The van der Waals surface area contributed by atoms with Crippen LogP contribution in [-0.4, -0.2) is 11.5 Å². The van der Waals surface area contributed by atoms with Gasteiger partial charge >= 0.3 is 6.18 Å². The average Bonchev–Trinajstić information content (AvgIpc) is 2.47. The molecule has 1 saturated carbocycles. The summed E-state index contributed by atoms with van der Waals surface area (Å²) in [6, 6.07) is 2.70. The molecule has 1 aliphatic carbocycles. The second-order valence-electron chi connectivity index (χ2n) is 5.82.